The quantitative estimate of drug-likeness (QED) is 0.905. The summed E-state index contributed by atoms with van der Waals surface area (Å²) in [5.74, 6) is 0.956. The first-order chi connectivity index (χ1) is 9.19. The minimum atomic E-state index is 0.576. The largest absolute Gasteiger partial charge is 0.311 e. The summed E-state index contributed by atoms with van der Waals surface area (Å²) < 4.78 is 0. The molecule has 0 amide bonds. The maximum absolute atomic E-state index is 3.79. The van der Waals surface area contributed by atoms with Gasteiger partial charge in [-0.3, -0.25) is 4.90 Å². The maximum Gasteiger partial charge on any atom is 0.0417 e. The first-order valence-electron chi connectivity index (χ1n) is 7.74. The van der Waals surface area contributed by atoms with Gasteiger partial charge < -0.3 is 5.32 Å². The topological polar surface area (TPSA) is 15.3 Å². The number of piperazine rings is 1. The Labute approximate surface area is 121 Å². The summed E-state index contributed by atoms with van der Waals surface area (Å²) in [7, 11) is 0. The average Bonchev–Trinajstić information content (AvgIpc) is 3.19. The fourth-order valence-corrected chi connectivity index (χ4v) is 4.30. The van der Waals surface area contributed by atoms with Crippen molar-refractivity contribution < 1.29 is 0 Å². The molecule has 3 rings (SSSR count). The molecule has 2 nitrogen and oxygen atoms in total. The van der Waals surface area contributed by atoms with Crippen molar-refractivity contribution in [2.24, 2.45) is 5.92 Å². The summed E-state index contributed by atoms with van der Waals surface area (Å²) in [5.41, 5.74) is 0. The van der Waals surface area contributed by atoms with Crippen LogP contribution in [0.3, 0.4) is 0 Å². The highest BCUT2D eigenvalue weighted by atomic mass is 32.1. The minimum absolute atomic E-state index is 0.576. The van der Waals surface area contributed by atoms with Crippen LogP contribution in [-0.2, 0) is 0 Å². The molecule has 2 heterocycles. The van der Waals surface area contributed by atoms with Gasteiger partial charge in [-0.1, -0.05) is 6.92 Å². The summed E-state index contributed by atoms with van der Waals surface area (Å²) in [6.45, 7) is 9.34. The number of hydrogen-bond donors (Lipinski definition) is 1. The lowest BCUT2D eigenvalue weighted by atomic mass is 10.0. The van der Waals surface area contributed by atoms with Crippen molar-refractivity contribution >= 4 is 11.3 Å². The van der Waals surface area contributed by atoms with E-state index in [1.807, 2.05) is 11.3 Å². The lowest BCUT2D eigenvalue weighted by Gasteiger charge is -2.43. The zero-order chi connectivity index (χ0) is 13.4. The number of rotatable bonds is 4. The van der Waals surface area contributed by atoms with Gasteiger partial charge in [0.25, 0.3) is 0 Å². The molecule has 0 aromatic carbocycles. The Morgan fingerprint density at radius 1 is 1.42 bits per heavy atom. The van der Waals surface area contributed by atoms with Gasteiger partial charge in [0, 0.05) is 41.0 Å². The Balaban J connectivity index is 1.74. The predicted molar refractivity (Wildman–Crippen MR) is 82.8 cm³/mol. The molecular formula is C16H26N2S. The predicted octanol–water partition coefficient (Wildman–Crippen LogP) is 3.58. The van der Waals surface area contributed by atoms with Gasteiger partial charge in [-0.2, -0.15) is 0 Å². The van der Waals surface area contributed by atoms with Crippen molar-refractivity contribution in [3.05, 3.63) is 21.9 Å². The SMILES string of the molecule is CCC1CNC(C2CC2)CN1C(C)c1ccc(C)s1. The Hall–Kier alpha value is -0.380. The molecule has 1 aliphatic carbocycles. The lowest BCUT2D eigenvalue weighted by Crippen LogP contribution is -2.57. The minimum Gasteiger partial charge on any atom is -0.311 e. The number of aryl methyl sites for hydroxylation is 1. The van der Waals surface area contributed by atoms with Crippen molar-refractivity contribution in [2.75, 3.05) is 13.1 Å². The number of thiophene rings is 1. The maximum atomic E-state index is 3.79. The molecule has 0 bridgehead atoms. The van der Waals surface area contributed by atoms with E-state index in [0.29, 0.717) is 12.1 Å². The standard InChI is InChI=1S/C16H26N2S/c1-4-14-9-17-15(13-6-7-13)10-18(14)12(3)16-8-5-11(2)19-16/h5,8,12-15,17H,4,6-7,9-10H2,1-3H3. The summed E-state index contributed by atoms with van der Waals surface area (Å²) in [6.07, 6.45) is 4.13. The van der Waals surface area contributed by atoms with Crippen LogP contribution < -0.4 is 5.32 Å². The van der Waals surface area contributed by atoms with E-state index in [-0.39, 0.29) is 0 Å². The van der Waals surface area contributed by atoms with Crippen LogP contribution in [0.5, 0.6) is 0 Å². The molecule has 1 N–H and O–H groups in total. The normalized spacial score (nSPS) is 30.5. The summed E-state index contributed by atoms with van der Waals surface area (Å²) in [4.78, 5) is 5.72. The first-order valence-corrected chi connectivity index (χ1v) is 8.56. The average molecular weight is 278 g/mol. The third kappa shape index (κ3) is 2.88. The van der Waals surface area contributed by atoms with Crippen molar-refractivity contribution in [1.29, 1.82) is 0 Å². The van der Waals surface area contributed by atoms with E-state index in [1.165, 1.54) is 42.1 Å². The molecule has 0 spiro atoms. The second-order valence-corrected chi connectivity index (χ2v) is 7.55. The molecule has 3 unspecified atom stereocenters. The van der Waals surface area contributed by atoms with Crippen LogP contribution in [0.4, 0.5) is 0 Å². The van der Waals surface area contributed by atoms with Gasteiger partial charge in [0.1, 0.15) is 0 Å². The van der Waals surface area contributed by atoms with Gasteiger partial charge in [-0.15, -0.1) is 11.3 Å². The van der Waals surface area contributed by atoms with Gasteiger partial charge in [-0.25, -0.2) is 0 Å². The van der Waals surface area contributed by atoms with Gasteiger partial charge in [0.05, 0.1) is 0 Å². The molecule has 1 aromatic heterocycles. The van der Waals surface area contributed by atoms with Crippen molar-refractivity contribution in [2.45, 2.75) is 58.2 Å². The molecule has 1 aromatic rings. The zero-order valence-electron chi connectivity index (χ0n) is 12.4. The summed E-state index contributed by atoms with van der Waals surface area (Å²) >= 11 is 1.97. The molecule has 3 atom stereocenters. The molecule has 2 aliphatic rings. The highest BCUT2D eigenvalue weighted by molar-refractivity contribution is 7.12. The van der Waals surface area contributed by atoms with Gasteiger partial charge in [0.2, 0.25) is 0 Å². The fraction of sp³-hybridized carbons (Fsp3) is 0.750. The van der Waals surface area contributed by atoms with Crippen LogP contribution in [0.2, 0.25) is 0 Å². The highest BCUT2D eigenvalue weighted by Crippen LogP contribution is 2.37. The van der Waals surface area contributed by atoms with Gasteiger partial charge in [0.15, 0.2) is 0 Å². The van der Waals surface area contributed by atoms with Gasteiger partial charge >= 0.3 is 0 Å². The van der Waals surface area contributed by atoms with E-state index in [4.69, 9.17) is 0 Å². The second-order valence-electron chi connectivity index (χ2n) is 6.24. The van der Waals surface area contributed by atoms with E-state index in [9.17, 15) is 0 Å². The highest BCUT2D eigenvalue weighted by Gasteiger charge is 2.38. The van der Waals surface area contributed by atoms with Crippen LogP contribution in [0.25, 0.3) is 0 Å². The Bertz CT molecular complexity index is 424. The molecule has 1 saturated carbocycles. The lowest BCUT2D eigenvalue weighted by molar-refractivity contribution is 0.0817. The van der Waals surface area contributed by atoms with E-state index in [1.54, 1.807) is 0 Å². The van der Waals surface area contributed by atoms with Crippen LogP contribution >= 0.6 is 11.3 Å². The van der Waals surface area contributed by atoms with Crippen LogP contribution in [0.1, 0.15) is 48.9 Å². The Morgan fingerprint density at radius 2 is 2.21 bits per heavy atom. The fourth-order valence-electron chi connectivity index (χ4n) is 3.35. The van der Waals surface area contributed by atoms with Crippen molar-refractivity contribution in [3.8, 4) is 0 Å². The Kier molecular flexibility index (Phi) is 3.97. The van der Waals surface area contributed by atoms with E-state index >= 15 is 0 Å². The van der Waals surface area contributed by atoms with E-state index in [2.05, 4.69) is 43.1 Å². The molecular weight excluding hydrogens is 252 g/mol. The first kappa shape index (κ1) is 13.6. The molecule has 3 heteroatoms. The molecule has 19 heavy (non-hydrogen) atoms. The summed E-state index contributed by atoms with van der Waals surface area (Å²) in [5, 5.41) is 3.79. The Morgan fingerprint density at radius 3 is 2.79 bits per heavy atom. The second kappa shape index (κ2) is 5.55. The molecule has 1 saturated heterocycles. The van der Waals surface area contributed by atoms with Gasteiger partial charge in [-0.05, 0) is 51.2 Å². The molecule has 1 aliphatic heterocycles. The molecule has 106 valence electrons. The van der Waals surface area contributed by atoms with Crippen molar-refractivity contribution in [3.63, 3.8) is 0 Å². The summed E-state index contributed by atoms with van der Waals surface area (Å²) in [6, 6.07) is 6.61. The third-order valence-electron chi connectivity index (χ3n) is 4.82. The number of hydrogen-bond acceptors (Lipinski definition) is 3. The number of nitrogens with zero attached hydrogens (tertiary/aromatic N) is 1. The van der Waals surface area contributed by atoms with Crippen LogP contribution in [0, 0.1) is 12.8 Å². The monoisotopic (exact) mass is 278 g/mol. The van der Waals surface area contributed by atoms with Crippen LogP contribution in [0.15, 0.2) is 12.1 Å². The smallest absolute Gasteiger partial charge is 0.0417 e. The van der Waals surface area contributed by atoms with Crippen molar-refractivity contribution in [1.82, 2.24) is 10.2 Å². The number of nitrogens with one attached hydrogen (secondary N) is 1. The van der Waals surface area contributed by atoms with E-state index in [0.717, 1.165) is 12.0 Å². The third-order valence-corrected chi connectivity index (χ3v) is 6.00. The van der Waals surface area contributed by atoms with Crippen LogP contribution in [-0.4, -0.2) is 30.1 Å². The molecule has 2 fully saturated rings. The molecule has 0 radical (unpaired) electrons. The zero-order valence-corrected chi connectivity index (χ0v) is 13.2. The van der Waals surface area contributed by atoms with E-state index < -0.39 is 0 Å².